The topological polar surface area (TPSA) is 44.5 Å². The Morgan fingerprint density at radius 3 is 3.06 bits per heavy atom. The van der Waals surface area contributed by atoms with E-state index in [1.165, 1.54) is 0 Å². The Labute approximate surface area is 96.5 Å². The van der Waals surface area contributed by atoms with Crippen LogP contribution in [0.5, 0.6) is 5.75 Å². The summed E-state index contributed by atoms with van der Waals surface area (Å²) in [5.74, 6) is 1.44. The molecule has 0 saturated carbocycles. The average Bonchev–Trinajstić information content (AvgIpc) is 2.27. The van der Waals surface area contributed by atoms with Gasteiger partial charge in [0.2, 0.25) is 0 Å². The maximum Gasteiger partial charge on any atom is 0.125 e. The van der Waals surface area contributed by atoms with Gasteiger partial charge in [0.1, 0.15) is 5.75 Å². The third-order valence-electron chi connectivity index (χ3n) is 2.68. The number of ether oxygens (including phenoxy) is 2. The van der Waals surface area contributed by atoms with Gasteiger partial charge >= 0.3 is 0 Å². The predicted octanol–water partition coefficient (Wildman–Crippen LogP) is 2.25. The number of hydrogen-bond acceptors (Lipinski definition) is 3. The van der Waals surface area contributed by atoms with Crippen LogP contribution >= 0.6 is 0 Å². The molecule has 0 saturated heterocycles. The molecule has 1 aromatic carbocycles. The highest BCUT2D eigenvalue weighted by molar-refractivity contribution is 5.42. The van der Waals surface area contributed by atoms with Crippen molar-refractivity contribution < 1.29 is 9.47 Å². The third kappa shape index (κ3) is 2.36. The van der Waals surface area contributed by atoms with Gasteiger partial charge in [-0.15, -0.1) is 0 Å². The van der Waals surface area contributed by atoms with Crippen LogP contribution in [0.25, 0.3) is 0 Å². The van der Waals surface area contributed by atoms with Gasteiger partial charge in [0.15, 0.2) is 0 Å². The van der Waals surface area contributed by atoms with E-state index in [1.54, 1.807) is 0 Å². The maximum atomic E-state index is 5.99. The smallest absolute Gasteiger partial charge is 0.125 e. The first-order valence-corrected chi connectivity index (χ1v) is 5.76. The summed E-state index contributed by atoms with van der Waals surface area (Å²) in [5, 5.41) is 0. The molecular formula is C13H19NO2. The van der Waals surface area contributed by atoms with Crippen molar-refractivity contribution in [3.8, 4) is 5.75 Å². The van der Waals surface area contributed by atoms with Crippen LogP contribution in [0, 0.1) is 5.92 Å². The second kappa shape index (κ2) is 4.85. The normalized spacial score (nSPS) is 19.6. The standard InChI is InChI=1S/C13H19NO2/c1-9(2)6-16-13-5-3-4-10-11(13)7-15-8-12(10)14/h3-5,9,12H,6-8,14H2,1-2H3/t12-/m0/s1. The average molecular weight is 221 g/mol. The van der Waals surface area contributed by atoms with Gasteiger partial charge in [-0.25, -0.2) is 0 Å². The zero-order chi connectivity index (χ0) is 11.5. The molecule has 0 bridgehead atoms. The Kier molecular flexibility index (Phi) is 3.46. The molecule has 2 N–H and O–H groups in total. The SMILES string of the molecule is CC(C)COc1cccc2c1COC[C@@H]2N. The van der Waals surface area contributed by atoms with E-state index in [0.717, 1.165) is 23.5 Å². The van der Waals surface area contributed by atoms with E-state index in [-0.39, 0.29) is 6.04 Å². The lowest BCUT2D eigenvalue weighted by atomic mass is 9.99. The monoisotopic (exact) mass is 221 g/mol. The molecular weight excluding hydrogens is 202 g/mol. The lowest BCUT2D eigenvalue weighted by Crippen LogP contribution is -2.24. The molecule has 0 spiro atoms. The first kappa shape index (κ1) is 11.4. The molecule has 88 valence electrons. The first-order valence-electron chi connectivity index (χ1n) is 5.76. The molecule has 0 unspecified atom stereocenters. The van der Waals surface area contributed by atoms with Gasteiger partial charge in [0.05, 0.1) is 25.9 Å². The van der Waals surface area contributed by atoms with Crippen LogP contribution in [0.4, 0.5) is 0 Å². The largest absolute Gasteiger partial charge is 0.493 e. The Balaban J connectivity index is 2.22. The summed E-state index contributed by atoms with van der Waals surface area (Å²) in [6, 6.07) is 6.03. The molecule has 2 rings (SSSR count). The molecule has 3 nitrogen and oxygen atoms in total. The lowest BCUT2D eigenvalue weighted by molar-refractivity contribution is 0.0891. The molecule has 0 aromatic heterocycles. The van der Waals surface area contributed by atoms with E-state index in [9.17, 15) is 0 Å². The number of hydrogen-bond donors (Lipinski definition) is 1. The highest BCUT2D eigenvalue weighted by atomic mass is 16.5. The van der Waals surface area contributed by atoms with Crippen molar-refractivity contribution in [1.82, 2.24) is 0 Å². The number of rotatable bonds is 3. The molecule has 0 radical (unpaired) electrons. The van der Waals surface area contributed by atoms with Gasteiger partial charge in [-0.05, 0) is 17.5 Å². The zero-order valence-corrected chi connectivity index (χ0v) is 9.90. The minimum absolute atomic E-state index is 0.0219. The Hall–Kier alpha value is -1.06. The van der Waals surface area contributed by atoms with Crippen molar-refractivity contribution in [3.05, 3.63) is 29.3 Å². The first-order chi connectivity index (χ1) is 7.68. The van der Waals surface area contributed by atoms with E-state index in [1.807, 2.05) is 12.1 Å². The summed E-state index contributed by atoms with van der Waals surface area (Å²) in [6.45, 7) is 6.21. The fourth-order valence-corrected chi connectivity index (χ4v) is 1.85. The molecule has 1 aromatic rings. The Morgan fingerprint density at radius 2 is 2.31 bits per heavy atom. The van der Waals surface area contributed by atoms with Crippen LogP contribution in [0.15, 0.2) is 18.2 Å². The maximum absolute atomic E-state index is 5.99. The van der Waals surface area contributed by atoms with Crippen LogP contribution in [0.1, 0.15) is 31.0 Å². The van der Waals surface area contributed by atoms with E-state index < -0.39 is 0 Å². The van der Waals surface area contributed by atoms with Gasteiger partial charge in [-0.3, -0.25) is 0 Å². The summed E-state index contributed by atoms with van der Waals surface area (Å²) in [7, 11) is 0. The Bertz CT molecular complexity index is 363. The van der Waals surface area contributed by atoms with Crippen LogP contribution in [-0.4, -0.2) is 13.2 Å². The highest BCUT2D eigenvalue weighted by Crippen LogP contribution is 2.30. The molecule has 1 aliphatic heterocycles. The van der Waals surface area contributed by atoms with Gasteiger partial charge in [0.25, 0.3) is 0 Å². The number of nitrogens with two attached hydrogens (primary N) is 1. The summed E-state index contributed by atoms with van der Waals surface area (Å²) in [6.07, 6.45) is 0. The van der Waals surface area contributed by atoms with Crippen molar-refractivity contribution in [2.45, 2.75) is 26.5 Å². The van der Waals surface area contributed by atoms with Crippen molar-refractivity contribution >= 4 is 0 Å². The molecule has 3 heteroatoms. The van der Waals surface area contributed by atoms with Crippen molar-refractivity contribution in [1.29, 1.82) is 0 Å². The van der Waals surface area contributed by atoms with Gasteiger partial charge in [0, 0.05) is 5.56 Å². The van der Waals surface area contributed by atoms with Crippen molar-refractivity contribution in [2.24, 2.45) is 11.7 Å². The molecule has 1 atom stereocenters. The second-order valence-corrected chi connectivity index (χ2v) is 4.65. The third-order valence-corrected chi connectivity index (χ3v) is 2.68. The fraction of sp³-hybridized carbons (Fsp3) is 0.538. The van der Waals surface area contributed by atoms with E-state index in [0.29, 0.717) is 19.1 Å². The summed E-state index contributed by atoms with van der Waals surface area (Å²) in [5.41, 5.74) is 8.26. The van der Waals surface area contributed by atoms with E-state index >= 15 is 0 Å². The molecule has 0 aliphatic carbocycles. The minimum Gasteiger partial charge on any atom is -0.493 e. The molecule has 1 aliphatic rings. The fourth-order valence-electron chi connectivity index (χ4n) is 1.85. The van der Waals surface area contributed by atoms with Crippen LogP contribution in [0.2, 0.25) is 0 Å². The van der Waals surface area contributed by atoms with Crippen molar-refractivity contribution in [2.75, 3.05) is 13.2 Å². The van der Waals surface area contributed by atoms with E-state index in [2.05, 4.69) is 19.9 Å². The van der Waals surface area contributed by atoms with Crippen LogP contribution in [0.3, 0.4) is 0 Å². The molecule has 0 fully saturated rings. The minimum atomic E-state index is -0.0219. The number of fused-ring (bicyclic) bond motifs is 1. The summed E-state index contributed by atoms with van der Waals surface area (Å²) in [4.78, 5) is 0. The zero-order valence-electron chi connectivity index (χ0n) is 9.90. The van der Waals surface area contributed by atoms with E-state index in [4.69, 9.17) is 15.2 Å². The quantitative estimate of drug-likeness (QED) is 0.851. The predicted molar refractivity (Wildman–Crippen MR) is 63.4 cm³/mol. The van der Waals surface area contributed by atoms with Crippen LogP contribution in [-0.2, 0) is 11.3 Å². The van der Waals surface area contributed by atoms with Crippen LogP contribution < -0.4 is 10.5 Å². The van der Waals surface area contributed by atoms with Gasteiger partial charge < -0.3 is 15.2 Å². The highest BCUT2D eigenvalue weighted by Gasteiger charge is 2.20. The number of benzene rings is 1. The Morgan fingerprint density at radius 1 is 1.50 bits per heavy atom. The lowest BCUT2D eigenvalue weighted by Gasteiger charge is -2.25. The van der Waals surface area contributed by atoms with Gasteiger partial charge in [-0.2, -0.15) is 0 Å². The summed E-state index contributed by atoms with van der Waals surface area (Å²) < 4.78 is 11.2. The molecule has 1 heterocycles. The second-order valence-electron chi connectivity index (χ2n) is 4.65. The molecule has 0 amide bonds. The molecule has 16 heavy (non-hydrogen) atoms. The van der Waals surface area contributed by atoms with Gasteiger partial charge in [-0.1, -0.05) is 26.0 Å². The summed E-state index contributed by atoms with van der Waals surface area (Å²) >= 11 is 0. The van der Waals surface area contributed by atoms with Crippen molar-refractivity contribution in [3.63, 3.8) is 0 Å².